The van der Waals surface area contributed by atoms with Crippen LogP contribution in [0.1, 0.15) is 24.0 Å². The molecule has 0 radical (unpaired) electrons. The highest BCUT2D eigenvalue weighted by molar-refractivity contribution is 5.33. The molecule has 1 fully saturated rings. The van der Waals surface area contributed by atoms with Crippen LogP contribution in [0.5, 0.6) is 0 Å². The Morgan fingerprint density at radius 1 is 1.26 bits per heavy atom. The van der Waals surface area contributed by atoms with E-state index in [2.05, 4.69) is 0 Å². The van der Waals surface area contributed by atoms with Crippen LogP contribution in [0.25, 0.3) is 0 Å². The van der Waals surface area contributed by atoms with Gasteiger partial charge in [0.15, 0.2) is 0 Å². The number of nitrogens with two attached hydrogens (primary N) is 1. The summed E-state index contributed by atoms with van der Waals surface area (Å²) >= 11 is 0. The Kier molecular flexibility index (Phi) is 3.87. The zero-order valence-electron chi connectivity index (χ0n) is 10.8. The van der Waals surface area contributed by atoms with Crippen LogP contribution in [0.4, 0.5) is 13.2 Å². The lowest BCUT2D eigenvalue weighted by Gasteiger charge is -2.47. The number of benzene rings is 1. The fourth-order valence-electron chi connectivity index (χ4n) is 2.94. The largest absolute Gasteiger partial charge is 0.416 e. The van der Waals surface area contributed by atoms with Crippen LogP contribution < -0.4 is 5.73 Å². The standard InChI is InChI=1S/C14H18F3NO/c1-19-9-13(6-10(7-13)8-18)11-2-4-12(5-3-11)14(15,16)17/h2-5,10H,6-9,18H2,1H3. The van der Waals surface area contributed by atoms with Gasteiger partial charge in [-0.15, -0.1) is 0 Å². The van der Waals surface area contributed by atoms with Crippen LogP contribution in [0.2, 0.25) is 0 Å². The van der Waals surface area contributed by atoms with Gasteiger partial charge in [-0.25, -0.2) is 0 Å². The van der Waals surface area contributed by atoms with Crippen molar-refractivity contribution in [2.45, 2.75) is 24.4 Å². The minimum absolute atomic E-state index is 0.164. The number of methoxy groups -OCH3 is 1. The first kappa shape index (κ1) is 14.3. The van der Waals surface area contributed by atoms with Crippen LogP contribution in [-0.4, -0.2) is 20.3 Å². The predicted octanol–water partition coefficient (Wildman–Crippen LogP) is 2.96. The van der Waals surface area contributed by atoms with Crippen molar-refractivity contribution in [1.82, 2.24) is 0 Å². The molecule has 2 nitrogen and oxygen atoms in total. The fraction of sp³-hybridized carbons (Fsp3) is 0.571. The molecule has 1 aromatic carbocycles. The second-order valence-corrected chi connectivity index (χ2v) is 5.30. The van der Waals surface area contributed by atoms with Crippen LogP contribution in [0.15, 0.2) is 24.3 Å². The number of rotatable bonds is 4. The topological polar surface area (TPSA) is 35.2 Å². The van der Waals surface area contributed by atoms with Crippen molar-refractivity contribution in [3.8, 4) is 0 Å². The van der Waals surface area contributed by atoms with E-state index in [0.717, 1.165) is 30.5 Å². The molecule has 1 aromatic rings. The highest BCUT2D eigenvalue weighted by Crippen LogP contribution is 2.48. The van der Waals surface area contributed by atoms with Crippen molar-refractivity contribution in [2.75, 3.05) is 20.3 Å². The summed E-state index contributed by atoms with van der Waals surface area (Å²) in [6.07, 6.45) is -2.53. The number of hydrogen-bond donors (Lipinski definition) is 1. The second kappa shape index (κ2) is 5.13. The first-order chi connectivity index (χ1) is 8.91. The monoisotopic (exact) mass is 273 g/mol. The number of alkyl halides is 3. The van der Waals surface area contributed by atoms with Gasteiger partial charge in [-0.05, 0) is 43.0 Å². The summed E-state index contributed by atoms with van der Waals surface area (Å²) in [4.78, 5) is 0. The van der Waals surface area contributed by atoms with E-state index in [4.69, 9.17) is 10.5 Å². The lowest BCUT2D eigenvalue weighted by molar-refractivity contribution is -0.137. The summed E-state index contributed by atoms with van der Waals surface area (Å²) in [7, 11) is 1.61. The van der Waals surface area contributed by atoms with E-state index in [9.17, 15) is 13.2 Å². The summed E-state index contributed by atoms with van der Waals surface area (Å²) in [6, 6.07) is 5.41. The van der Waals surface area contributed by atoms with Crippen molar-refractivity contribution in [3.63, 3.8) is 0 Å². The first-order valence-corrected chi connectivity index (χ1v) is 6.28. The van der Waals surface area contributed by atoms with E-state index in [0.29, 0.717) is 19.1 Å². The molecule has 1 aliphatic carbocycles. The molecular weight excluding hydrogens is 255 g/mol. The second-order valence-electron chi connectivity index (χ2n) is 5.30. The molecule has 0 bridgehead atoms. The van der Waals surface area contributed by atoms with E-state index < -0.39 is 11.7 Å². The molecule has 0 amide bonds. The molecule has 0 atom stereocenters. The van der Waals surface area contributed by atoms with E-state index in [1.54, 1.807) is 19.2 Å². The predicted molar refractivity (Wildman–Crippen MR) is 66.8 cm³/mol. The van der Waals surface area contributed by atoms with Gasteiger partial charge in [-0.3, -0.25) is 0 Å². The van der Waals surface area contributed by atoms with E-state index >= 15 is 0 Å². The van der Waals surface area contributed by atoms with Crippen molar-refractivity contribution in [2.24, 2.45) is 11.7 Å². The normalized spacial score (nSPS) is 27.1. The third kappa shape index (κ3) is 2.77. The van der Waals surface area contributed by atoms with Crippen LogP contribution in [0.3, 0.4) is 0 Å². The third-order valence-corrected chi connectivity index (χ3v) is 3.94. The van der Waals surface area contributed by atoms with Gasteiger partial charge < -0.3 is 10.5 Å². The molecule has 0 heterocycles. The van der Waals surface area contributed by atoms with Crippen molar-refractivity contribution in [3.05, 3.63) is 35.4 Å². The van der Waals surface area contributed by atoms with Gasteiger partial charge in [0, 0.05) is 12.5 Å². The molecule has 2 N–H and O–H groups in total. The summed E-state index contributed by atoms with van der Waals surface area (Å²) in [5, 5.41) is 0. The quantitative estimate of drug-likeness (QED) is 0.915. The minimum atomic E-state index is -4.29. The number of halogens is 3. The molecule has 1 aliphatic rings. The van der Waals surface area contributed by atoms with Crippen LogP contribution in [0, 0.1) is 5.92 Å². The molecule has 0 aliphatic heterocycles. The number of hydrogen-bond acceptors (Lipinski definition) is 2. The Morgan fingerprint density at radius 3 is 2.26 bits per heavy atom. The molecular formula is C14H18F3NO. The Hall–Kier alpha value is -1.07. The van der Waals surface area contributed by atoms with E-state index in [1.165, 1.54) is 0 Å². The SMILES string of the molecule is COCC1(c2ccc(C(F)(F)F)cc2)CC(CN)C1. The first-order valence-electron chi connectivity index (χ1n) is 6.28. The zero-order valence-corrected chi connectivity index (χ0v) is 10.8. The molecule has 0 unspecified atom stereocenters. The lowest BCUT2D eigenvalue weighted by Crippen LogP contribution is -2.47. The van der Waals surface area contributed by atoms with Gasteiger partial charge >= 0.3 is 6.18 Å². The van der Waals surface area contributed by atoms with Crippen molar-refractivity contribution in [1.29, 1.82) is 0 Å². The van der Waals surface area contributed by atoms with Crippen LogP contribution >= 0.6 is 0 Å². The average molecular weight is 273 g/mol. The average Bonchev–Trinajstić information content (AvgIpc) is 2.32. The lowest BCUT2D eigenvalue weighted by atomic mass is 9.59. The maximum Gasteiger partial charge on any atom is 0.416 e. The summed E-state index contributed by atoms with van der Waals surface area (Å²) < 4.78 is 42.8. The van der Waals surface area contributed by atoms with Crippen LogP contribution in [-0.2, 0) is 16.3 Å². The maximum absolute atomic E-state index is 12.5. The molecule has 0 spiro atoms. The fourth-order valence-corrected chi connectivity index (χ4v) is 2.94. The van der Waals surface area contributed by atoms with Gasteiger partial charge in [-0.2, -0.15) is 13.2 Å². The Balaban J connectivity index is 2.20. The maximum atomic E-state index is 12.5. The third-order valence-electron chi connectivity index (χ3n) is 3.94. The highest BCUT2D eigenvalue weighted by atomic mass is 19.4. The Bertz CT molecular complexity index is 421. The molecule has 1 saturated carbocycles. The molecule has 19 heavy (non-hydrogen) atoms. The number of ether oxygens (including phenoxy) is 1. The van der Waals surface area contributed by atoms with Gasteiger partial charge in [0.1, 0.15) is 0 Å². The molecule has 0 saturated heterocycles. The molecule has 2 rings (SSSR count). The van der Waals surface area contributed by atoms with Gasteiger partial charge in [0.25, 0.3) is 0 Å². The molecule has 0 aromatic heterocycles. The van der Waals surface area contributed by atoms with Gasteiger partial charge in [0.05, 0.1) is 12.2 Å². The summed E-state index contributed by atoms with van der Waals surface area (Å²) in [5.41, 5.74) is 5.75. The Morgan fingerprint density at radius 2 is 1.84 bits per heavy atom. The smallest absolute Gasteiger partial charge is 0.384 e. The Labute approximate surface area is 110 Å². The zero-order chi connectivity index (χ0) is 14.1. The molecule has 106 valence electrons. The minimum Gasteiger partial charge on any atom is -0.384 e. The summed E-state index contributed by atoms with van der Waals surface area (Å²) in [6.45, 7) is 1.14. The van der Waals surface area contributed by atoms with E-state index in [1.807, 2.05) is 0 Å². The van der Waals surface area contributed by atoms with Crippen molar-refractivity contribution < 1.29 is 17.9 Å². The summed E-state index contributed by atoms with van der Waals surface area (Å²) in [5.74, 6) is 0.442. The van der Waals surface area contributed by atoms with Gasteiger partial charge in [0.2, 0.25) is 0 Å². The van der Waals surface area contributed by atoms with Crippen molar-refractivity contribution >= 4 is 0 Å². The highest BCUT2D eigenvalue weighted by Gasteiger charge is 2.45. The van der Waals surface area contributed by atoms with E-state index in [-0.39, 0.29) is 5.41 Å². The molecule has 5 heteroatoms. The van der Waals surface area contributed by atoms with Gasteiger partial charge in [-0.1, -0.05) is 12.1 Å².